The number of hydrogen-bond acceptors (Lipinski definition) is 3. The van der Waals surface area contributed by atoms with E-state index in [4.69, 9.17) is 11.6 Å². The molecule has 1 aromatic heterocycles. The number of rotatable bonds is 2. The molecule has 0 saturated carbocycles. The zero-order valence-corrected chi connectivity index (χ0v) is 14.3. The number of amides is 1. The minimum absolute atomic E-state index is 0.124. The fourth-order valence-electron chi connectivity index (χ4n) is 3.58. The van der Waals surface area contributed by atoms with Gasteiger partial charge in [0, 0.05) is 28.8 Å². The fraction of sp³-hybridized carbons (Fsp3) is 0.600. The van der Waals surface area contributed by atoms with E-state index in [1.807, 2.05) is 0 Å². The van der Waals surface area contributed by atoms with Gasteiger partial charge in [-0.15, -0.1) is 0 Å². The SMILES string of the molecule is CN1C2CCCC1CC(NC(=O)c1cc(Br)cnc1Cl)C2. The standard InChI is InChI=1S/C15H19BrClN3O/c1-20-11-3-2-4-12(20)7-10(6-11)19-15(21)13-5-9(16)8-18-14(13)17/h5,8,10-12H,2-4,6-7H2,1H3,(H,19,21). The molecule has 3 rings (SSSR count). The molecule has 2 saturated heterocycles. The van der Waals surface area contributed by atoms with E-state index in [0.29, 0.717) is 17.6 Å². The van der Waals surface area contributed by atoms with Gasteiger partial charge in [-0.25, -0.2) is 4.98 Å². The number of halogens is 2. The van der Waals surface area contributed by atoms with Gasteiger partial charge >= 0.3 is 0 Å². The predicted molar refractivity (Wildman–Crippen MR) is 86.6 cm³/mol. The summed E-state index contributed by atoms with van der Waals surface area (Å²) in [5.74, 6) is -0.124. The van der Waals surface area contributed by atoms with Crippen molar-refractivity contribution in [1.29, 1.82) is 0 Å². The summed E-state index contributed by atoms with van der Waals surface area (Å²) in [6, 6.07) is 3.15. The monoisotopic (exact) mass is 371 g/mol. The van der Waals surface area contributed by atoms with Crippen LogP contribution in [-0.4, -0.2) is 41.0 Å². The number of nitrogens with zero attached hydrogens (tertiary/aromatic N) is 2. The smallest absolute Gasteiger partial charge is 0.254 e. The molecule has 0 aliphatic carbocycles. The largest absolute Gasteiger partial charge is 0.349 e. The van der Waals surface area contributed by atoms with E-state index in [1.165, 1.54) is 19.3 Å². The maximum Gasteiger partial charge on any atom is 0.254 e. The summed E-state index contributed by atoms with van der Waals surface area (Å²) in [7, 11) is 2.21. The maximum absolute atomic E-state index is 12.4. The third-order valence-corrected chi connectivity index (χ3v) is 5.46. The lowest BCUT2D eigenvalue weighted by Gasteiger charge is -2.47. The van der Waals surface area contributed by atoms with Gasteiger partial charge in [-0.05, 0) is 54.7 Å². The van der Waals surface area contributed by atoms with E-state index < -0.39 is 0 Å². The van der Waals surface area contributed by atoms with Crippen LogP contribution in [0.3, 0.4) is 0 Å². The second kappa shape index (κ2) is 6.23. The van der Waals surface area contributed by atoms with Crippen molar-refractivity contribution in [2.45, 2.75) is 50.2 Å². The van der Waals surface area contributed by atoms with Crippen molar-refractivity contribution in [1.82, 2.24) is 15.2 Å². The predicted octanol–water partition coefficient (Wildman–Crippen LogP) is 3.24. The number of fused-ring (bicyclic) bond motifs is 2. The molecule has 0 spiro atoms. The van der Waals surface area contributed by atoms with Crippen LogP contribution in [0.5, 0.6) is 0 Å². The highest BCUT2D eigenvalue weighted by Gasteiger charge is 2.36. The summed E-state index contributed by atoms with van der Waals surface area (Å²) in [5, 5.41) is 3.40. The lowest BCUT2D eigenvalue weighted by molar-refractivity contribution is 0.0463. The minimum Gasteiger partial charge on any atom is -0.349 e. The molecule has 2 aliphatic heterocycles. The van der Waals surface area contributed by atoms with Gasteiger partial charge < -0.3 is 10.2 Å². The van der Waals surface area contributed by atoms with Gasteiger partial charge in [-0.3, -0.25) is 4.79 Å². The first-order valence-electron chi connectivity index (χ1n) is 7.38. The summed E-state index contributed by atoms with van der Waals surface area (Å²) in [6.07, 6.45) is 7.42. The third kappa shape index (κ3) is 3.25. The molecule has 3 heterocycles. The molecule has 0 radical (unpaired) electrons. The molecule has 1 N–H and O–H groups in total. The van der Waals surface area contributed by atoms with Crippen LogP contribution in [0, 0.1) is 0 Å². The van der Waals surface area contributed by atoms with Crippen LogP contribution >= 0.6 is 27.5 Å². The molecule has 6 heteroatoms. The molecule has 0 aromatic carbocycles. The van der Waals surface area contributed by atoms with E-state index in [0.717, 1.165) is 17.3 Å². The summed E-state index contributed by atoms with van der Waals surface area (Å²) >= 11 is 9.36. The topological polar surface area (TPSA) is 45.2 Å². The van der Waals surface area contributed by atoms with Crippen LogP contribution in [0.1, 0.15) is 42.5 Å². The average Bonchev–Trinajstić information content (AvgIpc) is 2.42. The van der Waals surface area contributed by atoms with Crippen molar-refractivity contribution in [3.63, 3.8) is 0 Å². The van der Waals surface area contributed by atoms with Crippen molar-refractivity contribution >= 4 is 33.4 Å². The van der Waals surface area contributed by atoms with E-state index in [2.05, 4.69) is 38.2 Å². The van der Waals surface area contributed by atoms with Crippen LogP contribution in [0.25, 0.3) is 0 Å². The third-order valence-electron chi connectivity index (χ3n) is 4.73. The Balaban J connectivity index is 1.69. The zero-order valence-electron chi connectivity index (χ0n) is 12.0. The van der Waals surface area contributed by atoms with Crippen molar-refractivity contribution in [3.05, 3.63) is 27.5 Å². The van der Waals surface area contributed by atoms with Gasteiger partial charge in [-0.2, -0.15) is 0 Å². The van der Waals surface area contributed by atoms with Crippen LogP contribution in [-0.2, 0) is 0 Å². The highest BCUT2D eigenvalue weighted by Crippen LogP contribution is 2.32. The van der Waals surface area contributed by atoms with Crippen molar-refractivity contribution < 1.29 is 4.79 Å². The fourth-order valence-corrected chi connectivity index (χ4v) is 4.10. The number of carbonyl (C=O) groups is 1. The maximum atomic E-state index is 12.4. The Labute approximate surface area is 138 Å². The molecule has 2 unspecified atom stereocenters. The lowest BCUT2D eigenvalue weighted by Crippen LogP contribution is -2.55. The summed E-state index contributed by atoms with van der Waals surface area (Å²) < 4.78 is 0.761. The van der Waals surface area contributed by atoms with Crippen molar-refractivity contribution in [3.8, 4) is 0 Å². The summed E-state index contributed by atoms with van der Waals surface area (Å²) in [4.78, 5) is 18.9. The molecular formula is C15H19BrClN3O. The molecular weight excluding hydrogens is 354 g/mol. The van der Waals surface area contributed by atoms with E-state index in [-0.39, 0.29) is 17.1 Å². The molecule has 1 aromatic rings. The normalized spacial score (nSPS) is 29.2. The molecule has 21 heavy (non-hydrogen) atoms. The zero-order chi connectivity index (χ0) is 15.0. The molecule has 2 aliphatic rings. The number of piperidine rings is 2. The number of pyridine rings is 1. The summed E-state index contributed by atoms with van der Waals surface area (Å²) in [6.45, 7) is 0. The van der Waals surface area contributed by atoms with E-state index in [9.17, 15) is 4.79 Å². The molecule has 114 valence electrons. The van der Waals surface area contributed by atoms with Crippen LogP contribution in [0.2, 0.25) is 5.15 Å². The first kappa shape index (κ1) is 15.3. The highest BCUT2D eigenvalue weighted by atomic mass is 79.9. The quantitative estimate of drug-likeness (QED) is 0.811. The van der Waals surface area contributed by atoms with Crippen molar-refractivity contribution in [2.75, 3.05) is 7.05 Å². The number of carbonyl (C=O) groups excluding carboxylic acids is 1. The highest BCUT2D eigenvalue weighted by molar-refractivity contribution is 9.10. The Morgan fingerprint density at radius 1 is 1.43 bits per heavy atom. The Kier molecular flexibility index (Phi) is 4.52. The van der Waals surface area contributed by atoms with Crippen LogP contribution in [0.15, 0.2) is 16.7 Å². The second-order valence-electron chi connectivity index (χ2n) is 6.04. The number of nitrogens with one attached hydrogen (secondary N) is 1. The van der Waals surface area contributed by atoms with Gasteiger partial charge in [0.2, 0.25) is 0 Å². The minimum atomic E-state index is -0.124. The molecule has 1 amide bonds. The lowest BCUT2D eigenvalue weighted by atomic mass is 9.82. The van der Waals surface area contributed by atoms with Crippen molar-refractivity contribution in [2.24, 2.45) is 0 Å². The summed E-state index contributed by atoms with van der Waals surface area (Å²) in [5.41, 5.74) is 0.440. The van der Waals surface area contributed by atoms with Crippen LogP contribution < -0.4 is 5.32 Å². The van der Waals surface area contributed by atoms with Gasteiger partial charge in [0.05, 0.1) is 5.56 Å². The van der Waals surface area contributed by atoms with E-state index >= 15 is 0 Å². The average molecular weight is 373 g/mol. The Morgan fingerprint density at radius 3 is 2.76 bits per heavy atom. The second-order valence-corrected chi connectivity index (χ2v) is 7.31. The van der Waals surface area contributed by atoms with Gasteiger partial charge in [0.15, 0.2) is 0 Å². The van der Waals surface area contributed by atoms with E-state index in [1.54, 1.807) is 12.3 Å². The molecule has 2 bridgehead atoms. The molecule has 2 atom stereocenters. The molecule has 4 nitrogen and oxygen atoms in total. The Bertz CT molecular complexity index is 540. The van der Waals surface area contributed by atoms with Gasteiger partial charge in [0.1, 0.15) is 5.15 Å². The Morgan fingerprint density at radius 2 is 2.10 bits per heavy atom. The first-order chi connectivity index (χ1) is 10.0. The van der Waals surface area contributed by atoms with Gasteiger partial charge in [-0.1, -0.05) is 18.0 Å². The molecule has 2 fully saturated rings. The number of aromatic nitrogens is 1. The number of hydrogen-bond donors (Lipinski definition) is 1. The van der Waals surface area contributed by atoms with Gasteiger partial charge in [0.25, 0.3) is 5.91 Å². The Hall–Kier alpha value is -0.650. The first-order valence-corrected chi connectivity index (χ1v) is 8.55. The van der Waals surface area contributed by atoms with Crippen LogP contribution in [0.4, 0.5) is 0 Å².